The number of methoxy groups -OCH3 is 1. The summed E-state index contributed by atoms with van der Waals surface area (Å²) < 4.78 is 9.42. The Morgan fingerprint density at radius 2 is 1.12 bits per heavy atom. The molecular formula is C53H46N4O2. The molecule has 1 saturated carbocycles. The second kappa shape index (κ2) is 16.0. The number of benzene rings is 6. The summed E-state index contributed by atoms with van der Waals surface area (Å²) in [6, 6.07) is 53.0. The summed E-state index contributed by atoms with van der Waals surface area (Å²) in [5, 5.41) is 2.35. The molecule has 0 aliphatic heterocycles. The van der Waals surface area contributed by atoms with Gasteiger partial charge in [-0.1, -0.05) is 109 Å². The van der Waals surface area contributed by atoms with Crippen molar-refractivity contribution >= 4 is 33.5 Å². The van der Waals surface area contributed by atoms with Crippen molar-refractivity contribution < 1.29 is 9.53 Å². The van der Waals surface area contributed by atoms with Gasteiger partial charge in [-0.25, -0.2) is 4.79 Å². The molecule has 6 heteroatoms. The van der Waals surface area contributed by atoms with Crippen LogP contribution in [0.2, 0.25) is 0 Å². The third-order valence-corrected chi connectivity index (χ3v) is 11.4. The van der Waals surface area contributed by atoms with Crippen molar-refractivity contribution in [2.45, 2.75) is 25.2 Å². The Kier molecular flexibility index (Phi) is 10.1. The first-order valence-electron chi connectivity index (χ1n) is 20.1. The van der Waals surface area contributed by atoms with Gasteiger partial charge in [0.15, 0.2) is 0 Å². The maximum atomic E-state index is 12.6. The second-order valence-corrected chi connectivity index (χ2v) is 15.5. The molecule has 9 aromatic rings. The molecule has 0 bridgehead atoms. The van der Waals surface area contributed by atoms with Gasteiger partial charge in [0.2, 0.25) is 0 Å². The van der Waals surface area contributed by atoms with E-state index in [1.54, 1.807) is 0 Å². The van der Waals surface area contributed by atoms with Gasteiger partial charge in [0.25, 0.3) is 0 Å². The number of carbonyl (C=O) groups excluding carboxylic acids is 1. The van der Waals surface area contributed by atoms with Gasteiger partial charge < -0.3 is 19.6 Å². The van der Waals surface area contributed by atoms with Crippen LogP contribution in [0.25, 0.3) is 66.3 Å². The SMILES string of the molecule is COC(=O)c1cc(C2CC2)cnc1Cc1cc(-c2ccc(-c3ccccc3)cc2)c2c(ccn2C)c1.Cn1ccc2cc(N)cc(-c3ccc(-c4ccccc4)cc3)c21. The first-order chi connectivity index (χ1) is 28.8. The van der Waals surface area contributed by atoms with Crippen molar-refractivity contribution in [3.63, 3.8) is 0 Å². The van der Waals surface area contributed by atoms with Gasteiger partial charge in [-0.2, -0.15) is 0 Å². The van der Waals surface area contributed by atoms with E-state index in [1.807, 2.05) is 30.5 Å². The van der Waals surface area contributed by atoms with Crippen LogP contribution in [0.5, 0.6) is 0 Å². The predicted molar refractivity (Wildman–Crippen MR) is 242 cm³/mol. The summed E-state index contributed by atoms with van der Waals surface area (Å²) in [6.45, 7) is 0. The van der Waals surface area contributed by atoms with Crippen LogP contribution < -0.4 is 5.73 Å². The molecule has 1 aliphatic carbocycles. The lowest BCUT2D eigenvalue weighted by molar-refractivity contribution is 0.0599. The monoisotopic (exact) mass is 770 g/mol. The molecule has 0 atom stereocenters. The van der Waals surface area contributed by atoms with E-state index in [9.17, 15) is 4.79 Å². The van der Waals surface area contributed by atoms with Gasteiger partial charge in [-0.15, -0.1) is 0 Å². The van der Waals surface area contributed by atoms with E-state index in [0.29, 0.717) is 17.9 Å². The fourth-order valence-corrected chi connectivity index (χ4v) is 8.23. The highest BCUT2D eigenvalue weighted by Gasteiger charge is 2.26. The Labute approximate surface area is 345 Å². The zero-order valence-electron chi connectivity index (χ0n) is 33.6. The highest BCUT2D eigenvalue weighted by Crippen LogP contribution is 2.41. The van der Waals surface area contributed by atoms with E-state index in [0.717, 1.165) is 28.1 Å². The minimum absolute atomic E-state index is 0.322. The van der Waals surface area contributed by atoms with Crippen molar-refractivity contribution in [3.8, 4) is 44.5 Å². The molecule has 3 heterocycles. The van der Waals surface area contributed by atoms with Gasteiger partial charge >= 0.3 is 5.97 Å². The standard InChI is InChI=1S/C32H28N2O2.C21H18N2/c1-34-15-14-26-16-21(18-30-29(32(35)36-2)19-27(20-33-30)24-8-9-24)17-28(31(26)34)25-12-10-23(11-13-25)22-6-4-3-5-7-22;1-23-12-11-18-13-19(22)14-20(21(18)23)17-9-7-16(8-10-17)15-5-3-2-4-6-15/h3-7,10-17,19-20,24H,8-9,18H2,1-2H3;2-14H,22H2,1H3. The number of esters is 1. The number of aromatic nitrogens is 3. The highest BCUT2D eigenvalue weighted by atomic mass is 16.5. The number of aryl methyl sites for hydroxylation is 2. The number of pyridine rings is 1. The molecule has 0 unspecified atom stereocenters. The minimum Gasteiger partial charge on any atom is -0.465 e. The van der Waals surface area contributed by atoms with E-state index >= 15 is 0 Å². The zero-order chi connectivity index (χ0) is 40.5. The van der Waals surface area contributed by atoms with E-state index in [-0.39, 0.29) is 5.97 Å². The number of anilines is 1. The van der Waals surface area contributed by atoms with Crippen LogP contribution in [0.4, 0.5) is 5.69 Å². The fourth-order valence-electron chi connectivity index (χ4n) is 8.23. The normalized spacial score (nSPS) is 12.3. The highest BCUT2D eigenvalue weighted by molar-refractivity contribution is 5.98. The Hall–Kier alpha value is -7.18. The molecule has 1 aliphatic rings. The van der Waals surface area contributed by atoms with Crippen molar-refractivity contribution in [1.82, 2.24) is 14.1 Å². The third-order valence-electron chi connectivity index (χ3n) is 11.4. The number of nitrogen functional groups attached to an aromatic ring is 1. The molecule has 290 valence electrons. The summed E-state index contributed by atoms with van der Waals surface area (Å²) in [7, 11) is 5.58. The molecule has 2 N–H and O–H groups in total. The van der Waals surface area contributed by atoms with Crippen LogP contribution in [0, 0.1) is 0 Å². The van der Waals surface area contributed by atoms with Gasteiger partial charge in [0, 0.05) is 66.7 Å². The van der Waals surface area contributed by atoms with Crippen LogP contribution in [0.1, 0.15) is 45.9 Å². The summed E-state index contributed by atoms with van der Waals surface area (Å²) >= 11 is 0. The maximum absolute atomic E-state index is 12.6. The van der Waals surface area contributed by atoms with Crippen LogP contribution in [0.3, 0.4) is 0 Å². The number of hydrogen-bond donors (Lipinski definition) is 1. The van der Waals surface area contributed by atoms with E-state index in [1.165, 1.54) is 80.7 Å². The Morgan fingerprint density at radius 1 is 0.627 bits per heavy atom. The van der Waals surface area contributed by atoms with Crippen molar-refractivity contribution in [2.24, 2.45) is 14.1 Å². The van der Waals surface area contributed by atoms with Gasteiger partial charge in [-0.3, -0.25) is 4.98 Å². The lowest BCUT2D eigenvalue weighted by atomic mass is 9.95. The molecule has 6 nitrogen and oxygen atoms in total. The van der Waals surface area contributed by atoms with Gasteiger partial charge in [0.1, 0.15) is 0 Å². The van der Waals surface area contributed by atoms with E-state index in [4.69, 9.17) is 15.5 Å². The lowest BCUT2D eigenvalue weighted by Gasteiger charge is -2.13. The molecule has 0 amide bonds. The second-order valence-electron chi connectivity index (χ2n) is 15.5. The number of rotatable bonds is 8. The number of nitrogens with two attached hydrogens (primary N) is 1. The first-order valence-corrected chi connectivity index (χ1v) is 20.1. The van der Waals surface area contributed by atoms with Crippen molar-refractivity contribution in [2.75, 3.05) is 12.8 Å². The van der Waals surface area contributed by atoms with Gasteiger partial charge in [-0.05, 0) is 106 Å². The number of ether oxygens (including phenoxy) is 1. The Balaban J connectivity index is 0.000000168. The summed E-state index contributed by atoms with van der Waals surface area (Å²) in [6.07, 6.45) is 9.00. The average molecular weight is 771 g/mol. The molecule has 59 heavy (non-hydrogen) atoms. The number of hydrogen-bond acceptors (Lipinski definition) is 4. The zero-order valence-corrected chi connectivity index (χ0v) is 33.6. The van der Waals surface area contributed by atoms with Crippen molar-refractivity contribution in [3.05, 3.63) is 193 Å². The number of nitrogens with zero attached hydrogens (tertiary/aromatic N) is 3. The van der Waals surface area contributed by atoms with Gasteiger partial charge in [0.05, 0.1) is 29.4 Å². The van der Waals surface area contributed by atoms with E-state index < -0.39 is 0 Å². The molecule has 0 radical (unpaired) electrons. The Bertz CT molecular complexity index is 2920. The fraction of sp³-hybridized carbons (Fsp3) is 0.132. The van der Waals surface area contributed by atoms with Crippen molar-refractivity contribution in [1.29, 1.82) is 0 Å². The quantitative estimate of drug-likeness (QED) is 0.123. The molecule has 0 spiro atoms. The van der Waals surface area contributed by atoms with Crippen LogP contribution >= 0.6 is 0 Å². The summed E-state index contributed by atoms with van der Waals surface area (Å²) in [4.78, 5) is 17.3. The minimum atomic E-state index is -0.322. The molecule has 3 aromatic heterocycles. The smallest absolute Gasteiger partial charge is 0.339 e. The molecule has 1 fully saturated rings. The van der Waals surface area contributed by atoms with Crippen LogP contribution in [-0.2, 0) is 25.3 Å². The summed E-state index contributed by atoms with van der Waals surface area (Å²) in [5.41, 5.74) is 22.4. The summed E-state index contributed by atoms with van der Waals surface area (Å²) in [5.74, 6) is 0.207. The molecule has 10 rings (SSSR count). The molecular weight excluding hydrogens is 725 g/mol. The Morgan fingerprint density at radius 3 is 1.64 bits per heavy atom. The first kappa shape index (κ1) is 37.4. The number of fused-ring (bicyclic) bond motifs is 2. The van der Waals surface area contributed by atoms with Crippen LogP contribution in [0.15, 0.2) is 170 Å². The van der Waals surface area contributed by atoms with E-state index in [2.05, 4.69) is 163 Å². The topological polar surface area (TPSA) is 75.1 Å². The maximum Gasteiger partial charge on any atom is 0.339 e. The average Bonchev–Trinajstić information content (AvgIpc) is 3.98. The molecule has 0 saturated heterocycles. The predicted octanol–water partition coefficient (Wildman–Crippen LogP) is 12.3. The van der Waals surface area contributed by atoms with Crippen LogP contribution in [-0.4, -0.2) is 27.2 Å². The largest absolute Gasteiger partial charge is 0.465 e. The third kappa shape index (κ3) is 7.77. The lowest BCUT2D eigenvalue weighted by Crippen LogP contribution is -2.09. The number of carbonyl (C=O) groups is 1. The molecule has 6 aromatic carbocycles.